The van der Waals surface area contributed by atoms with E-state index in [1.54, 1.807) is 0 Å². The topological polar surface area (TPSA) is 61.6 Å². The zero-order chi connectivity index (χ0) is 12.8. The van der Waals surface area contributed by atoms with E-state index < -0.39 is 13.0 Å². The van der Waals surface area contributed by atoms with Crippen LogP contribution in [0.2, 0.25) is 0 Å². The lowest BCUT2D eigenvalue weighted by Crippen LogP contribution is -2.15. The molecule has 0 saturated heterocycles. The van der Waals surface area contributed by atoms with Crippen LogP contribution in [0, 0.1) is 11.3 Å². The van der Waals surface area contributed by atoms with E-state index in [-0.39, 0.29) is 5.82 Å². The van der Waals surface area contributed by atoms with Crippen molar-refractivity contribution in [3.8, 4) is 6.07 Å². The molecule has 0 aliphatic heterocycles. The number of nitrogens with one attached hydrogen (secondary N) is 1. The fourth-order valence-electron chi connectivity index (χ4n) is 1.59. The predicted octanol–water partition coefficient (Wildman–Crippen LogP) is 2.15. The molecule has 0 aromatic carbocycles. The molecule has 1 heterocycles. The molecule has 0 fully saturated rings. The first-order valence-electron chi connectivity index (χ1n) is 5.44. The van der Waals surface area contributed by atoms with Gasteiger partial charge >= 0.3 is 0 Å². The number of aromatic nitrogens is 2. The minimum atomic E-state index is -2.49. The summed E-state index contributed by atoms with van der Waals surface area (Å²) >= 11 is 0. The van der Waals surface area contributed by atoms with Crippen LogP contribution in [0.25, 0.3) is 0 Å². The maximum Gasteiger partial charge on any atom is 0.255 e. The molecule has 1 aromatic rings. The van der Waals surface area contributed by atoms with Gasteiger partial charge in [-0.2, -0.15) is 10.4 Å². The first-order valence-corrected chi connectivity index (χ1v) is 5.44. The van der Waals surface area contributed by atoms with Gasteiger partial charge in [0.1, 0.15) is 11.6 Å². The van der Waals surface area contributed by atoms with Gasteiger partial charge in [0.15, 0.2) is 5.82 Å². The molecule has 0 amide bonds. The zero-order valence-electron chi connectivity index (χ0n) is 9.80. The van der Waals surface area contributed by atoms with Crippen molar-refractivity contribution in [3.63, 3.8) is 0 Å². The highest BCUT2D eigenvalue weighted by Crippen LogP contribution is 2.19. The first-order chi connectivity index (χ1) is 8.13. The quantitative estimate of drug-likeness (QED) is 0.856. The second-order valence-electron chi connectivity index (χ2n) is 3.44. The van der Waals surface area contributed by atoms with Crippen LogP contribution in [-0.4, -0.2) is 23.2 Å². The molecule has 92 valence electrons. The summed E-state index contributed by atoms with van der Waals surface area (Å²) in [6, 6.07) is 2.00. The van der Waals surface area contributed by atoms with Crippen molar-refractivity contribution in [2.45, 2.75) is 33.1 Å². The number of alkyl halides is 2. The minimum absolute atomic E-state index is 0.141. The number of nitrogens with zero attached hydrogens (tertiary/aromatic N) is 3. The van der Waals surface area contributed by atoms with Gasteiger partial charge in [0, 0.05) is 0 Å². The summed E-state index contributed by atoms with van der Waals surface area (Å²) in [6.07, 6.45) is -1.19. The van der Waals surface area contributed by atoms with Crippen molar-refractivity contribution in [3.05, 3.63) is 16.8 Å². The van der Waals surface area contributed by atoms with Crippen LogP contribution in [0.5, 0.6) is 0 Å². The number of rotatable bonds is 5. The third-order valence-corrected chi connectivity index (χ3v) is 2.38. The van der Waals surface area contributed by atoms with Gasteiger partial charge in [-0.15, -0.1) is 5.10 Å². The lowest BCUT2D eigenvalue weighted by atomic mass is 10.0. The summed E-state index contributed by atoms with van der Waals surface area (Å²) in [5.41, 5.74) is 1.84. The Kier molecular flexibility index (Phi) is 4.76. The predicted molar refractivity (Wildman–Crippen MR) is 60.0 cm³/mol. The van der Waals surface area contributed by atoms with Crippen LogP contribution in [0.15, 0.2) is 0 Å². The van der Waals surface area contributed by atoms with Gasteiger partial charge in [-0.25, -0.2) is 8.78 Å². The SMILES string of the molecule is CCc1nnc(NCC(F)F)c(C#N)c1CC. The smallest absolute Gasteiger partial charge is 0.255 e. The van der Waals surface area contributed by atoms with Crippen molar-refractivity contribution >= 4 is 5.82 Å². The van der Waals surface area contributed by atoms with Crippen LogP contribution >= 0.6 is 0 Å². The van der Waals surface area contributed by atoms with E-state index in [1.807, 2.05) is 19.9 Å². The third-order valence-electron chi connectivity index (χ3n) is 2.38. The molecule has 0 atom stereocenters. The van der Waals surface area contributed by atoms with Crippen molar-refractivity contribution in [1.29, 1.82) is 5.26 Å². The van der Waals surface area contributed by atoms with Crippen LogP contribution in [0.1, 0.15) is 30.7 Å². The molecule has 17 heavy (non-hydrogen) atoms. The Morgan fingerprint density at radius 1 is 1.29 bits per heavy atom. The fraction of sp³-hybridized carbons (Fsp3) is 0.545. The van der Waals surface area contributed by atoms with Gasteiger partial charge in [-0.3, -0.25) is 0 Å². The highest BCUT2D eigenvalue weighted by molar-refractivity contribution is 5.56. The van der Waals surface area contributed by atoms with Gasteiger partial charge in [-0.05, 0) is 18.4 Å². The lowest BCUT2D eigenvalue weighted by molar-refractivity contribution is 0.163. The fourth-order valence-corrected chi connectivity index (χ4v) is 1.59. The van der Waals surface area contributed by atoms with Crippen molar-refractivity contribution in [2.75, 3.05) is 11.9 Å². The molecule has 0 unspecified atom stereocenters. The molecule has 6 heteroatoms. The Balaban J connectivity index is 3.11. The van der Waals surface area contributed by atoms with E-state index in [1.165, 1.54) is 0 Å². The van der Waals surface area contributed by atoms with Crippen molar-refractivity contribution in [1.82, 2.24) is 10.2 Å². The minimum Gasteiger partial charge on any atom is -0.362 e. The largest absolute Gasteiger partial charge is 0.362 e. The Bertz CT molecular complexity index is 426. The molecular weight excluding hydrogens is 226 g/mol. The highest BCUT2D eigenvalue weighted by atomic mass is 19.3. The average Bonchev–Trinajstić information content (AvgIpc) is 2.34. The van der Waals surface area contributed by atoms with E-state index in [4.69, 9.17) is 5.26 Å². The summed E-state index contributed by atoms with van der Waals surface area (Å²) in [7, 11) is 0. The number of anilines is 1. The second kappa shape index (κ2) is 6.09. The Hall–Kier alpha value is -1.77. The molecule has 0 radical (unpaired) electrons. The molecule has 0 saturated carbocycles. The third kappa shape index (κ3) is 3.09. The lowest BCUT2D eigenvalue weighted by Gasteiger charge is -2.11. The summed E-state index contributed by atoms with van der Waals surface area (Å²) in [5.74, 6) is 0.141. The molecule has 1 N–H and O–H groups in total. The number of halogens is 2. The van der Waals surface area contributed by atoms with Gasteiger partial charge in [0.25, 0.3) is 6.43 Å². The van der Waals surface area contributed by atoms with E-state index in [0.717, 1.165) is 11.3 Å². The van der Waals surface area contributed by atoms with Crippen molar-refractivity contribution < 1.29 is 8.78 Å². The first kappa shape index (κ1) is 13.3. The van der Waals surface area contributed by atoms with Crippen LogP contribution in [0.3, 0.4) is 0 Å². The standard InChI is InChI=1S/C11H14F2N4/c1-3-7-8(5-14)11(15-6-10(12)13)17-16-9(7)4-2/h10H,3-4,6H2,1-2H3,(H,15,17). The molecule has 0 aliphatic carbocycles. The molecular formula is C11H14F2N4. The number of aryl methyl sites for hydroxylation is 1. The molecule has 4 nitrogen and oxygen atoms in total. The maximum atomic E-state index is 12.1. The van der Waals surface area contributed by atoms with Crippen molar-refractivity contribution in [2.24, 2.45) is 0 Å². The summed E-state index contributed by atoms with van der Waals surface area (Å²) in [4.78, 5) is 0. The van der Waals surface area contributed by atoms with Gasteiger partial charge in [-0.1, -0.05) is 13.8 Å². The zero-order valence-corrected chi connectivity index (χ0v) is 9.80. The Morgan fingerprint density at radius 2 is 2.00 bits per heavy atom. The number of nitriles is 1. The number of hydrogen-bond acceptors (Lipinski definition) is 4. The van der Waals surface area contributed by atoms with E-state index >= 15 is 0 Å². The number of hydrogen-bond donors (Lipinski definition) is 1. The van der Waals surface area contributed by atoms with E-state index in [2.05, 4.69) is 15.5 Å². The van der Waals surface area contributed by atoms with Gasteiger partial charge in [0.05, 0.1) is 12.2 Å². The van der Waals surface area contributed by atoms with Crippen LogP contribution in [-0.2, 0) is 12.8 Å². The van der Waals surface area contributed by atoms with E-state index in [0.29, 0.717) is 18.4 Å². The summed E-state index contributed by atoms with van der Waals surface area (Å²) in [6.45, 7) is 3.28. The molecule has 0 aliphatic rings. The Labute approximate surface area is 98.7 Å². The van der Waals surface area contributed by atoms with E-state index in [9.17, 15) is 8.78 Å². The monoisotopic (exact) mass is 240 g/mol. The van der Waals surface area contributed by atoms with Crippen LogP contribution < -0.4 is 5.32 Å². The maximum absolute atomic E-state index is 12.1. The Morgan fingerprint density at radius 3 is 2.47 bits per heavy atom. The van der Waals surface area contributed by atoms with Crippen LogP contribution in [0.4, 0.5) is 14.6 Å². The normalized spacial score (nSPS) is 10.4. The molecule has 1 aromatic heterocycles. The summed E-state index contributed by atoms with van der Waals surface area (Å²) < 4.78 is 24.2. The molecule has 1 rings (SSSR count). The van der Waals surface area contributed by atoms with Gasteiger partial charge in [0.2, 0.25) is 0 Å². The second-order valence-corrected chi connectivity index (χ2v) is 3.44. The van der Waals surface area contributed by atoms with Gasteiger partial charge < -0.3 is 5.32 Å². The average molecular weight is 240 g/mol. The molecule has 0 bridgehead atoms. The molecule has 0 spiro atoms. The summed E-state index contributed by atoms with van der Waals surface area (Å²) in [5, 5.41) is 19.2. The highest BCUT2D eigenvalue weighted by Gasteiger charge is 2.14.